The Kier molecular flexibility index (Phi) is 5.04. The summed E-state index contributed by atoms with van der Waals surface area (Å²) in [7, 11) is -3.41. The lowest BCUT2D eigenvalue weighted by Gasteiger charge is -2.10. The van der Waals surface area contributed by atoms with Gasteiger partial charge in [0.2, 0.25) is 0 Å². The van der Waals surface area contributed by atoms with E-state index < -0.39 is 15.7 Å². The second-order valence-electron chi connectivity index (χ2n) is 3.69. The monoisotopic (exact) mass is 261 g/mol. The third-order valence-electron chi connectivity index (χ3n) is 2.26. The van der Waals surface area contributed by atoms with Gasteiger partial charge in [-0.1, -0.05) is 0 Å². The van der Waals surface area contributed by atoms with Crippen molar-refractivity contribution in [2.45, 2.75) is 17.9 Å². The zero-order chi connectivity index (χ0) is 12.9. The SMILES string of the molecule is CC(CN)OCCS(=O)(=O)c1ccc(F)cc1. The fourth-order valence-electron chi connectivity index (χ4n) is 1.19. The number of rotatable bonds is 6. The molecule has 0 fully saturated rings. The van der Waals surface area contributed by atoms with Crippen molar-refractivity contribution in [2.75, 3.05) is 18.9 Å². The highest BCUT2D eigenvalue weighted by Crippen LogP contribution is 2.11. The molecule has 0 aliphatic carbocycles. The van der Waals surface area contributed by atoms with Gasteiger partial charge in [0, 0.05) is 6.54 Å². The fourth-order valence-corrected chi connectivity index (χ4v) is 2.29. The Labute approximate surface area is 101 Å². The van der Waals surface area contributed by atoms with Crippen LogP contribution < -0.4 is 5.73 Å². The van der Waals surface area contributed by atoms with E-state index in [-0.39, 0.29) is 23.4 Å². The van der Waals surface area contributed by atoms with Crippen molar-refractivity contribution in [3.05, 3.63) is 30.1 Å². The zero-order valence-corrected chi connectivity index (χ0v) is 10.4. The largest absolute Gasteiger partial charge is 0.376 e. The molecule has 1 aromatic carbocycles. The molecule has 0 aliphatic rings. The molecule has 6 heteroatoms. The maximum Gasteiger partial charge on any atom is 0.180 e. The van der Waals surface area contributed by atoms with Gasteiger partial charge >= 0.3 is 0 Å². The van der Waals surface area contributed by atoms with Crippen molar-refractivity contribution in [3.8, 4) is 0 Å². The Morgan fingerprint density at radius 1 is 1.35 bits per heavy atom. The standard InChI is InChI=1S/C11H16FNO3S/c1-9(8-13)16-6-7-17(14,15)11-4-2-10(12)3-5-11/h2-5,9H,6-8,13H2,1H3. The van der Waals surface area contributed by atoms with Gasteiger partial charge in [-0.25, -0.2) is 12.8 Å². The average molecular weight is 261 g/mol. The third kappa shape index (κ3) is 4.41. The summed E-state index contributed by atoms with van der Waals surface area (Å²) < 4.78 is 41.4. The van der Waals surface area contributed by atoms with Crippen LogP contribution in [0.5, 0.6) is 0 Å². The van der Waals surface area contributed by atoms with Crippen LogP contribution in [-0.2, 0) is 14.6 Å². The molecule has 0 aliphatic heterocycles. The summed E-state index contributed by atoms with van der Waals surface area (Å²) in [5, 5.41) is 0. The molecule has 1 aromatic rings. The van der Waals surface area contributed by atoms with Crippen molar-refractivity contribution in [2.24, 2.45) is 5.73 Å². The molecule has 0 aromatic heterocycles. The Balaban J connectivity index is 2.60. The van der Waals surface area contributed by atoms with Crippen LogP contribution in [0.15, 0.2) is 29.2 Å². The van der Waals surface area contributed by atoms with Crippen LogP contribution >= 0.6 is 0 Å². The van der Waals surface area contributed by atoms with Crippen molar-refractivity contribution in [1.29, 1.82) is 0 Å². The first kappa shape index (κ1) is 14.1. The highest BCUT2D eigenvalue weighted by molar-refractivity contribution is 7.91. The second kappa shape index (κ2) is 6.09. The van der Waals surface area contributed by atoms with Gasteiger partial charge in [-0.2, -0.15) is 0 Å². The zero-order valence-electron chi connectivity index (χ0n) is 9.60. The maximum absolute atomic E-state index is 12.6. The Morgan fingerprint density at radius 3 is 2.47 bits per heavy atom. The molecule has 0 saturated heterocycles. The van der Waals surface area contributed by atoms with Crippen LogP contribution in [0.25, 0.3) is 0 Å². The Hall–Kier alpha value is -0.980. The molecule has 0 bridgehead atoms. The molecule has 17 heavy (non-hydrogen) atoms. The highest BCUT2D eigenvalue weighted by Gasteiger charge is 2.14. The van der Waals surface area contributed by atoms with E-state index in [9.17, 15) is 12.8 Å². The van der Waals surface area contributed by atoms with Gasteiger partial charge in [0.05, 0.1) is 23.4 Å². The summed E-state index contributed by atoms with van der Waals surface area (Å²) in [5.41, 5.74) is 5.33. The summed E-state index contributed by atoms with van der Waals surface area (Å²) in [6.45, 7) is 2.19. The van der Waals surface area contributed by atoms with Crippen LogP contribution in [0.1, 0.15) is 6.92 Å². The lowest BCUT2D eigenvalue weighted by atomic mass is 10.4. The first-order chi connectivity index (χ1) is 7.95. The minimum absolute atomic E-state index is 0.0814. The van der Waals surface area contributed by atoms with Gasteiger partial charge in [0.1, 0.15) is 5.82 Å². The number of halogens is 1. The van der Waals surface area contributed by atoms with E-state index >= 15 is 0 Å². The number of benzene rings is 1. The summed E-state index contributed by atoms with van der Waals surface area (Å²) in [6, 6.07) is 4.74. The van der Waals surface area contributed by atoms with E-state index in [4.69, 9.17) is 10.5 Å². The topological polar surface area (TPSA) is 69.4 Å². The smallest absolute Gasteiger partial charge is 0.180 e. The van der Waals surface area contributed by atoms with Gasteiger partial charge < -0.3 is 10.5 Å². The van der Waals surface area contributed by atoms with Crippen LogP contribution in [-0.4, -0.2) is 33.4 Å². The molecule has 1 atom stereocenters. The van der Waals surface area contributed by atoms with Crippen LogP contribution in [0, 0.1) is 5.82 Å². The van der Waals surface area contributed by atoms with Crippen LogP contribution in [0.2, 0.25) is 0 Å². The van der Waals surface area contributed by atoms with Crippen molar-refractivity contribution >= 4 is 9.84 Å². The molecule has 0 saturated carbocycles. The molecule has 0 spiro atoms. The lowest BCUT2D eigenvalue weighted by molar-refractivity contribution is 0.0838. The van der Waals surface area contributed by atoms with E-state index in [1.54, 1.807) is 6.92 Å². The number of hydrogen-bond donors (Lipinski definition) is 1. The van der Waals surface area contributed by atoms with Gasteiger partial charge in [-0.3, -0.25) is 0 Å². The number of hydrogen-bond acceptors (Lipinski definition) is 4. The second-order valence-corrected chi connectivity index (χ2v) is 5.80. The Morgan fingerprint density at radius 2 is 1.94 bits per heavy atom. The molecule has 1 unspecified atom stereocenters. The summed E-state index contributed by atoms with van der Waals surface area (Å²) in [5.74, 6) is -0.597. The van der Waals surface area contributed by atoms with E-state index in [2.05, 4.69) is 0 Å². The van der Waals surface area contributed by atoms with Crippen LogP contribution in [0.4, 0.5) is 4.39 Å². The van der Waals surface area contributed by atoms with Crippen LogP contribution in [0.3, 0.4) is 0 Å². The van der Waals surface area contributed by atoms with E-state index in [0.29, 0.717) is 6.54 Å². The van der Waals surface area contributed by atoms with Gasteiger partial charge in [-0.05, 0) is 31.2 Å². The van der Waals surface area contributed by atoms with Gasteiger partial charge in [-0.15, -0.1) is 0 Å². The summed E-state index contributed by atoms with van der Waals surface area (Å²) >= 11 is 0. The molecule has 0 heterocycles. The normalized spacial score (nSPS) is 13.6. The molecule has 2 N–H and O–H groups in total. The van der Waals surface area contributed by atoms with Gasteiger partial charge in [0.15, 0.2) is 9.84 Å². The summed E-state index contributed by atoms with van der Waals surface area (Å²) in [6.07, 6.45) is -0.168. The molecule has 0 amide bonds. The van der Waals surface area contributed by atoms with E-state index in [1.165, 1.54) is 12.1 Å². The van der Waals surface area contributed by atoms with Crippen molar-refractivity contribution in [1.82, 2.24) is 0 Å². The first-order valence-electron chi connectivity index (χ1n) is 5.25. The summed E-state index contributed by atoms with van der Waals surface area (Å²) in [4.78, 5) is 0.0999. The quantitative estimate of drug-likeness (QED) is 0.774. The number of ether oxygens (including phenoxy) is 1. The maximum atomic E-state index is 12.6. The molecule has 4 nitrogen and oxygen atoms in total. The first-order valence-corrected chi connectivity index (χ1v) is 6.91. The van der Waals surface area contributed by atoms with Crippen molar-refractivity contribution < 1.29 is 17.5 Å². The average Bonchev–Trinajstić information content (AvgIpc) is 2.29. The van der Waals surface area contributed by atoms with E-state index in [0.717, 1.165) is 12.1 Å². The van der Waals surface area contributed by atoms with Gasteiger partial charge in [0.25, 0.3) is 0 Å². The minimum atomic E-state index is -3.41. The predicted molar refractivity (Wildman–Crippen MR) is 62.9 cm³/mol. The Bertz CT molecular complexity index is 444. The lowest BCUT2D eigenvalue weighted by Crippen LogP contribution is -2.23. The molecule has 96 valence electrons. The molecule has 1 rings (SSSR count). The van der Waals surface area contributed by atoms with Crippen molar-refractivity contribution in [3.63, 3.8) is 0 Å². The number of nitrogens with two attached hydrogens (primary N) is 1. The fraction of sp³-hybridized carbons (Fsp3) is 0.455. The molecular weight excluding hydrogens is 245 g/mol. The molecule has 0 radical (unpaired) electrons. The number of sulfone groups is 1. The molecular formula is C11H16FNO3S. The minimum Gasteiger partial charge on any atom is -0.376 e. The highest BCUT2D eigenvalue weighted by atomic mass is 32.2. The van der Waals surface area contributed by atoms with E-state index in [1.807, 2.05) is 0 Å². The third-order valence-corrected chi connectivity index (χ3v) is 3.95. The predicted octanol–water partition coefficient (Wildman–Crippen LogP) is 0.963.